The van der Waals surface area contributed by atoms with Gasteiger partial charge in [0.2, 0.25) is 5.22 Å². The van der Waals surface area contributed by atoms with E-state index in [2.05, 4.69) is 10.4 Å². The minimum atomic E-state index is -4.51. The number of alkyl halides is 3. The third-order valence-electron chi connectivity index (χ3n) is 4.47. The highest BCUT2D eigenvalue weighted by atomic mass is 35.5. The Kier molecular flexibility index (Phi) is 6.44. The molecule has 11 heteroatoms. The highest BCUT2D eigenvalue weighted by Crippen LogP contribution is 2.35. The van der Waals surface area contributed by atoms with Crippen LogP contribution in [0.3, 0.4) is 0 Å². The Morgan fingerprint density at radius 2 is 2.03 bits per heavy atom. The van der Waals surface area contributed by atoms with Crippen LogP contribution in [0.4, 0.5) is 13.2 Å². The maximum absolute atomic E-state index is 13.2. The molecule has 1 atom stereocenters. The van der Waals surface area contributed by atoms with Crippen molar-refractivity contribution in [1.29, 1.82) is 0 Å². The van der Waals surface area contributed by atoms with Crippen LogP contribution < -0.4 is 11.1 Å². The van der Waals surface area contributed by atoms with Crippen LogP contribution in [-0.2, 0) is 19.6 Å². The molecule has 0 bridgehead atoms. The number of halogens is 5. The number of aryl methyl sites for hydroxylation is 1. The first-order valence-electron chi connectivity index (χ1n) is 8.75. The quantitative estimate of drug-likeness (QED) is 0.573. The lowest BCUT2D eigenvalue weighted by Crippen LogP contribution is -2.42. The van der Waals surface area contributed by atoms with Gasteiger partial charge >= 0.3 is 6.18 Å². The van der Waals surface area contributed by atoms with E-state index in [1.54, 1.807) is 7.05 Å². The van der Waals surface area contributed by atoms with Gasteiger partial charge in [-0.05, 0) is 29.7 Å². The Morgan fingerprint density at radius 3 is 2.63 bits per heavy atom. The molecule has 0 fully saturated rings. The molecule has 0 aliphatic rings. The smallest absolute Gasteiger partial charge is 0.416 e. The summed E-state index contributed by atoms with van der Waals surface area (Å²) in [6.45, 7) is -0.0766. The Morgan fingerprint density at radius 1 is 1.33 bits per heavy atom. The van der Waals surface area contributed by atoms with E-state index in [9.17, 15) is 18.0 Å². The fraction of sp³-hybridized carbons (Fsp3) is 0.263. The molecule has 0 saturated carbocycles. The molecular formula is C19H17Cl2F3N4O2. The summed E-state index contributed by atoms with van der Waals surface area (Å²) in [5, 5.41) is 6.83. The van der Waals surface area contributed by atoms with Crippen LogP contribution in [0.25, 0.3) is 11.3 Å². The first-order chi connectivity index (χ1) is 14.1. The Balaban J connectivity index is 1.80. The second-order valence-electron chi connectivity index (χ2n) is 6.53. The van der Waals surface area contributed by atoms with Gasteiger partial charge in [0.25, 0.3) is 5.91 Å². The van der Waals surface area contributed by atoms with Crippen LogP contribution in [0.2, 0.25) is 10.2 Å². The predicted octanol–water partition coefficient (Wildman–Crippen LogP) is 4.31. The zero-order valence-corrected chi connectivity index (χ0v) is 17.1. The van der Waals surface area contributed by atoms with Crippen molar-refractivity contribution in [3.63, 3.8) is 0 Å². The number of benzene rings is 1. The highest BCUT2D eigenvalue weighted by molar-refractivity contribution is 6.35. The summed E-state index contributed by atoms with van der Waals surface area (Å²) in [5.41, 5.74) is 5.75. The Hall–Kier alpha value is -2.49. The van der Waals surface area contributed by atoms with E-state index in [4.69, 9.17) is 33.4 Å². The monoisotopic (exact) mass is 460 g/mol. The lowest BCUT2D eigenvalue weighted by Gasteiger charge is -2.19. The molecule has 1 amide bonds. The van der Waals surface area contributed by atoms with E-state index in [0.29, 0.717) is 16.3 Å². The van der Waals surface area contributed by atoms with Crippen LogP contribution in [0.1, 0.15) is 21.7 Å². The number of carbonyl (C=O) groups excluding carboxylic acids is 1. The lowest BCUT2D eigenvalue weighted by molar-refractivity contribution is -0.138. The van der Waals surface area contributed by atoms with E-state index >= 15 is 0 Å². The van der Waals surface area contributed by atoms with E-state index < -0.39 is 23.7 Å². The molecule has 0 spiro atoms. The van der Waals surface area contributed by atoms with Crippen molar-refractivity contribution in [1.82, 2.24) is 15.1 Å². The molecular weight excluding hydrogens is 444 g/mol. The summed E-state index contributed by atoms with van der Waals surface area (Å²) in [6.07, 6.45) is -3.19. The topological polar surface area (TPSA) is 86.1 Å². The van der Waals surface area contributed by atoms with Crippen molar-refractivity contribution in [3.05, 3.63) is 63.7 Å². The summed E-state index contributed by atoms with van der Waals surface area (Å²) in [4.78, 5) is 12.6. The van der Waals surface area contributed by atoms with E-state index in [-0.39, 0.29) is 29.5 Å². The van der Waals surface area contributed by atoms with Crippen molar-refractivity contribution in [2.45, 2.75) is 18.6 Å². The molecule has 6 nitrogen and oxygen atoms in total. The molecule has 2 aromatic heterocycles. The average Bonchev–Trinajstić information content (AvgIpc) is 3.22. The number of carbonyl (C=O) groups is 1. The third kappa shape index (κ3) is 4.63. The molecule has 30 heavy (non-hydrogen) atoms. The first-order valence-corrected chi connectivity index (χ1v) is 9.50. The number of nitrogens with zero attached hydrogens (tertiary/aromatic N) is 2. The number of nitrogens with two attached hydrogens (primary N) is 1. The van der Waals surface area contributed by atoms with Gasteiger partial charge in [0.15, 0.2) is 5.76 Å². The molecule has 3 N–H and O–H groups in total. The van der Waals surface area contributed by atoms with Gasteiger partial charge < -0.3 is 15.5 Å². The molecule has 1 aromatic carbocycles. The van der Waals surface area contributed by atoms with Gasteiger partial charge in [-0.2, -0.15) is 18.3 Å². The minimum Gasteiger partial charge on any atom is -0.439 e. The second kappa shape index (κ2) is 8.71. The number of furan rings is 1. The van der Waals surface area contributed by atoms with Crippen molar-refractivity contribution in [2.75, 3.05) is 6.54 Å². The normalized spacial score (nSPS) is 12.8. The van der Waals surface area contributed by atoms with Gasteiger partial charge in [0.05, 0.1) is 28.0 Å². The number of hydrogen-bond donors (Lipinski definition) is 2. The van der Waals surface area contributed by atoms with E-state index in [1.165, 1.54) is 35.1 Å². The first kappa shape index (κ1) is 22.2. The maximum atomic E-state index is 13.2. The number of amides is 1. The lowest BCUT2D eigenvalue weighted by atomic mass is 9.99. The van der Waals surface area contributed by atoms with Gasteiger partial charge in [-0.3, -0.25) is 9.48 Å². The molecule has 160 valence electrons. The zero-order chi connectivity index (χ0) is 22.1. The van der Waals surface area contributed by atoms with Crippen LogP contribution >= 0.6 is 23.2 Å². The van der Waals surface area contributed by atoms with Gasteiger partial charge in [0, 0.05) is 25.7 Å². The maximum Gasteiger partial charge on any atom is 0.416 e. The molecule has 0 aliphatic heterocycles. The fourth-order valence-electron chi connectivity index (χ4n) is 3.05. The number of hydrogen-bond acceptors (Lipinski definition) is 4. The van der Waals surface area contributed by atoms with Crippen molar-refractivity contribution in [3.8, 4) is 11.3 Å². The highest BCUT2D eigenvalue weighted by Gasteiger charge is 2.33. The summed E-state index contributed by atoms with van der Waals surface area (Å²) < 4.78 is 46.4. The molecule has 0 saturated heterocycles. The summed E-state index contributed by atoms with van der Waals surface area (Å²) in [6, 6.07) is 5.77. The van der Waals surface area contributed by atoms with Crippen LogP contribution in [0.15, 0.2) is 40.9 Å². The molecule has 0 radical (unpaired) electrons. The summed E-state index contributed by atoms with van der Waals surface area (Å²) in [7, 11) is 1.65. The van der Waals surface area contributed by atoms with Gasteiger partial charge in [0.1, 0.15) is 0 Å². The Bertz CT molecular complexity index is 1040. The molecule has 0 unspecified atom stereocenters. The summed E-state index contributed by atoms with van der Waals surface area (Å²) in [5.74, 6) is -0.795. The standard InChI is InChI=1S/C19H17Cl2F3N4O2/c1-28-16(14(20)9-26-28)12-7-15(30-17(12)21)18(29)27-11(8-25)6-10-4-2-3-5-13(10)19(22,23)24/h2-5,7,9,11H,6,8,25H2,1H3,(H,27,29)/t11-/m0/s1. The zero-order valence-electron chi connectivity index (χ0n) is 15.6. The molecule has 3 aromatic rings. The molecule has 0 aliphatic carbocycles. The summed E-state index contributed by atoms with van der Waals surface area (Å²) >= 11 is 12.2. The van der Waals surface area contributed by atoms with Crippen LogP contribution in [-0.4, -0.2) is 28.3 Å². The SMILES string of the molecule is Cn1ncc(Cl)c1-c1cc(C(=O)N[C@H](CN)Cc2ccccc2C(F)(F)F)oc1Cl. The Labute approximate surface area is 179 Å². The number of nitrogens with one attached hydrogen (secondary N) is 1. The van der Waals surface area contributed by atoms with Crippen molar-refractivity contribution >= 4 is 29.1 Å². The number of rotatable bonds is 6. The predicted molar refractivity (Wildman–Crippen MR) is 106 cm³/mol. The second-order valence-corrected chi connectivity index (χ2v) is 7.28. The molecule has 2 heterocycles. The average molecular weight is 461 g/mol. The minimum absolute atomic E-state index is 0.0283. The van der Waals surface area contributed by atoms with Crippen molar-refractivity contribution in [2.24, 2.45) is 12.8 Å². The van der Waals surface area contributed by atoms with Crippen molar-refractivity contribution < 1.29 is 22.4 Å². The van der Waals surface area contributed by atoms with Crippen LogP contribution in [0.5, 0.6) is 0 Å². The van der Waals surface area contributed by atoms with Gasteiger partial charge in [-0.15, -0.1) is 0 Å². The van der Waals surface area contributed by atoms with Gasteiger partial charge in [-0.1, -0.05) is 29.8 Å². The molecule has 3 rings (SSSR count). The van der Waals surface area contributed by atoms with E-state index in [1.807, 2.05) is 0 Å². The largest absolute Gasteiger partial charge is 0.439 e. The number of aromatic nitrogens is 2. The third-order valence-corrected chi connectivity index (χ3v) is 5.03. The fourth-order valence-corrected chi connectivity index (χ4v) is 3.54. The van der Waals surface area contributed by atoms with E-state index in [0.717, 1.165) is 6.07 Å². The van der Waals surface area contributed by atoms with Gasteiger partial charge in [-0.25, -0.2) is 0 Å². The van der Waals surface area contributed by atoms with Crippen LogP contribution in [0, 0.1) is 0 Å².